The number of halogens is 2. The summed E-state index contributed by atoms with van der Waals surface area (Å²) in [6.45, 7) is 0.334. The summed E-state index contributed by atoms with van der Waals surface area (Å²) in [5, 5.41) is 4.74. The molecule has 0 aliphatic rings. The highest BCUT2D eigenvalue weighted by molar-refractivity contribution is 6.29. The van der Waals surface area contributed by atoms with E-state index in [4.69, 9.17) is 11.6 Å². The van der Waals surface area contributed by atoms with Crippen LogP contribution >= 0.6 is 11.6 Å². The summed E-state index contributed by atoms with van der Waals surface area (Å²) >= 11 is 5.86. The predicted octanol–water partition coefficient (Wildman–Crippen LogP) is 3.82. The molecule has 5 aromatic rings. The number of imidazole rings is 1. The molecule has 154 valence electrons. The molecule has 0 bridgehead atoms. The topological polar surface area (TPSA) is 70.5 Å². The summed E-state index contributed by atoms with van der Waals surface area (Å²) in [4.78, 5) is 21.6. The van der Waals surface area contributed by atoms with E-state index in [2.05, 4.69) is 15.1 Å². The van der Waals surface area contributed by atoms with Gasteiger partial charge in [-0.1, -0.05) is 11.6 Å². The molecule has 9 heteroatoms. The zero-order chi connectivity index (χ0) is 21.5. The standard InChI is InChI=1S/C22H16ClFN6O/c1-28-21-19(8-7-18(27-21)15-2-9-20(23)25-11-15)29(22(28)31)12-14-10-26-30(13-14)17-5-3-16(24)4-6-17/h2-11,13H,12H2,1H3. The van der Waals surface area contributed by atoms with E-state index in [0.717, 1.165) is 16.8 Å². The van der Waals surface area contributed by atoms with Gasteiger partial charge in [-0.25, -0.2) is 23.8 Å². The van der Waals surface area contributed by atoms with Gasteiger partial charge in [-0.05, 0) is 48.5 Å². The van der Waals surface area contributed by atoms with Crippen LogP contribution in [0.25, 0.3) is 28.1 Å². The number of hydrogen-bond acceptors (Lipinski definition) is 4. The number of pyridine rings is 2. The number of fused-ring (bicyclic) bond motifs is 1. The molecule has 5 rings (SSSR count). The van der Waals surface area contributed by atoms with Crippen LogP contribution in [-0.4, -0.2) is 28.9 Å². The molecule has 0 aliphatic carbocycles. The molecule has 0 unspecified atom stereocenters. The highest BCUT2D eigenvalue weighted by Gasteiger charge is 2.14. The second kappa shape index (κ2) is 7.48. The monoisotopic (exact) mass is 434 g/mol. The molecule has 0 radical (unpaired) electrons. The Balaban J connectivity index is 1.50. The Morgan fingerprint density at radius 1 is 1.03 bits per heavy atom. The van der Waals surface area contributed by atoms with Crippen molar-refractivity contribution in [3.63, 3.8) is 0 Å². The smallest absolute Gasteiger partial charge is 0.286 e. The lowest BCUT2D eigenvalue weighted by molar-refractivity contribution is 0.627. The maximum atomic E-state index is 13.2. The van der Waals surface area contributed by atoms with Crippen LogP contribution in [-0.2, 0) is 13.6 Å². The van der Waals surface area contributed by atoms with E-state index in [-0.39, 0.29) is 11.5 Å². The molecule has 0 saturated carbocycles. The lowest BCUT2D eigenvalue weighted by Crippen LogP contribution is -2.22. The normalized spacial score (nSPS) is 11.3. The van der Waals surface area contributed by atoms with E-state index in [1.807, 2.05) is 24.4 Å². The molecule has 0 amide bonds. The largest absolute Gasteiger partial charge is 0.330 e. The summed E-state index contributed by atoms with van der Waals surface area (Å²) in [6, 6.07) is 13.3. The Morgan fingerprint density at radius 3 is 2.58 bits per heavy atom. The molecule has 1 aromatic carbocycles. The number of aryl methyl sites for hydroxylation is 1. The second-order valence-corrected chi connectivity index (χ2v) is 7.49. The molecule has 0 N–H and O–H groups in total. The molecular weight excluding hydrogens is 419 g/mol. The van der Waals surface area contributed by atoms with E-state index in [0.29, 0.717) is 28.6 Å². The van der Waals surface area contributed by atoms with Gasteiger partial charge in [0.25, 0.3) is 0 Å². The SMILES string of the molecule is Cn1c(=O)n(Cc2cnn(-c3ccc(F)cc3)c2)c2ccc(-c3ccc(Cl)nc3)nc21. The summed E-state index contributed by atoms with van der Waals surface area (Å²) in [6.07, 6.45) is 5.16. The van der Waals surface area contributed by atoms with Gasteiger partial charge in [0.05, 0.1) is 29.6 Å². The van der Waals surface area contributed by atoms with Gasteiger partial charge in [0.2, 0.25) is 0 Å². The van der Waals surface area contributed by atoms with Crippen LogP contribution in [0.1, 0.15) is 5.56 Å². The third-order valence-electron chi connectivity index (χ3n) is 5.07. The van der Waals surface area contributed by atoms with Crippen molar-refractivity contribution in [2.45, 2.75) is 6.54 Å². The lowest BCUT2D eigenvalue weighted by atomic mass is 10.2. The van der Waals surface area contributed by atoms with Crippen LogP contribution in [0, 0.1) is 5.82 Å². The van der Waals surface area contributed by atoms with Crippen molar-refractivity contribution in [3.05, 3.63) is 94.1 Å². The van der Waals surface area contributed by atoms with Crippen molar-refractivity contribution in [1.29, 1.82) is 0 Å². The molecule has 31 heavy (non-hydrogen) atoms. The molecular formula is C22H16ClFN6O. The summed E-state index contributed by atoms with van der Waals surface area (Å²) < 4.78 is 18.0. The van der Waals surface area contributed by atoms with Crippen LogP contribution in [0.2, 0.25) is 5.15 Å². The highest BCUT2D eigenvalue weighted by atomic mass is 35.5. The number of benzene rings is 1. The van der Waals surface area contributed by atoms with Gasteiger partial charge in [0.15, 0.2) is 5.65 Å². The lowest BCUT2D eigenvalue weighted by Gasteiger charge is -2.03. The minimum atomic E-state index is -0.306. The van der Waals surface area contributed by atoms with Crippen LogP contribution in [0.3, 0.4) is 0 Å². The van der Waals surface area contributed by atoms with E-state index >= 15 is 0 Å². The average Bonchev–Trinajstić information content (AvgIpc) is 3.34. The predicted molar refractivity (Wildman–Crippen MR) is 116 cm³/mol. The maximum Gasteiger partial charge on any atom is 0.330 e. The number of nitrogens with zero attached hydrogens (tertiary/aromatic N) is 6. The average molecular weight is 435 g/mol. The zero-order valence-electron chi connectivity index (χ0n) is 16.4. The fraction of sp³-hybridized carbons (Fsp3) is 0.0909. The third kappa shape index (κ3) is 3.51. The van der Waals surface area contributed by atoms with Gasteiger partial charge in [-0.2, -0.15) is 5.10 Å². The molecule has 0 spiro atoms. The van der Waals surface area contributed by atoms with Crippen molar-refractivity contribution < 1.29 is 4.39 Å². The van der Waals surface area contributed by atoms with E-state index < -0.39 is 0 Å². The number of aromatic nitrogens is 6. The minimum Gasteiger partial charge on any atom is -0.286 e. The van der Waals surface area contributed by atoms with Crippen molar-refractivity contribution in [1.82, 2.24) is 28.9 Å². The molecule has 7 nitrogen and oxygen atoms in total. The van der Waals surface area contributed by atoms with Gasteiger partial charge < -0.3 is 0 Å². The second-order valence-electron chi connectivity index (χ2n) is 7.11. The number of rotatable bonds is 4. The quantitative estimate of drug-likeness (QED) is 0.403. The van der Waals surface area contributed by atoms with Gasteiger partial charge in [0, 0.05) is 30.6 Å². The van der Waals surface area contributed by atoms with Crippen LogP contribution in [0.5, 0.6) is 0 Å². The van der Waals surface area contributed by atoms with E-state index in [1.165, 1.54) is 16.7 Å². The van der Waals surface area contributed by atoms with Crippen molar-refractivity contribution in [2.75, 3.05) is 0 Å². The molecule has 0 aliphatic heterocycles. The Hall–Kier alpha value is -3.78. The first kappa shape index (κ1) is 19.2. The fourth-order valence-electron chi connectivity index (χ4n) is 3.47. The Kier molecular flexibility index (Phi) is 4.63. The van der Waals surface area contributed by atoms with Crippen molar-refractivity contribution >= 4 is 22.8 Å². The highest BCUT2D eigenvalue weighted by Crippen LogP contribution is 2.21. The zero-order valence-corrected chi connectivity index (χ0v) is 17.2. The molecule has 4 heterocycles. The van der Waals surface area contributed by atoms with E-state index in [9.17, 15) is 9.18 Å². The van der Waals surface area contributed by atoms with Crippen molar-refractivity contribution in [2.24, 2.45) is 7.05 Å². The molecule has 4 aromatic heterocycles. The molecule has 0 saturated heterocycles. The maximum absolute atomic E-state index is 13.2. The van der Waals surface area contributed by atoms with Crippen molar-refractivity contribution in [3.8, 4) is 16.9 Å². The van der Waals surface area contributed by atoms with Crippen LogP contribution < -0.4 is 5.69 Å². The van der Waals surface area contributed by atoms with E-state index in [1.54, 1.807) is 46.9 Å². The van der Waals surface area contributed by atoms with Gasteiger partial charge in [-0.3, -0.25) is 9.13 Å². The first-order chi connectivity index (χ1) is 15.0. The first-order valence-electron chi connectivity index (χ1n) is 9.47. The Labute approximate surface area is 181 Å². The van der Waals surface area contributed by atoms with Crippen LogP contribution in [0.4, 0.5) is 4.39 Å². The van der Waals surface area contributed by atoms with Gasteiger partial charge in [0.1, 0.15) is 11.0 Å². The van der Waals surface area contributed by atoms with Gasteiger partial charge >= 0.3 is 5.69 Å². The summed E-state index contributed by atoms with van der Waals surface area (Å²) in [5.74, 6) is -0.306. The van der Waals surface area contributed by atoms with Crippen LogP contribution in [0.15, 0.2) is 71.9 Å². The summed E-state index contributed by atoms with van der Waals surface area (Å²) in [5.41, 5.74) is 4.20. The first-order valence-corrected chi connectivity index (χ1v) is 9.85. The van der Waals surface area contributed by atoms with Gasteiger partial charge in [-0.15, -0.1) is 0 Å². The molecule has 0 atom stereocenters. The summed E-state index contributed by atoms with van der Waals surface area (Å²) in [7, 11) is 1.69. The Bertz CT molecular complexity index is 1450. The fourth-order valence-corrected chi connectivity index (χ4v) is 3.59. The number of hydrogen-bond donors (Lipinski definition) is 0. The molecule has 0 fully saturated rings. The minimum absolute atomic E-state index is 0.177. The third-order valence-corrected chi connectivity index (χ3v) is 5.30. The Morgan fingerprint density at radius 2 is 1.84 bits per heavy atom.